The standard InChI is InChI=1S/C26H29N3O5/c1-14-8-6-11-21(27-14)29-26(31)22-15(2)28-17-9-7-10-18(30)24(17)23(22)16-12-19(32-3)25(34-5)20(13-16)33-4/h6,8,11-13,22-23H,7,9-10H2,1-5H3,(H,27,29,31)/t22?,23-/m0/s1. The van der Waals surface area contributed by atoms with Crippen LogP contribution in [0.5, 0.6) is 17.2 Å². The quantitative estimate of drug-likeness (QED) is 0.688. The van der Waals surface area contributed by atoms with Crippen LogP contribution in [0.1, 0.15) is 43.4 Å². The number of carbonyl (C=O) groups is 2. The summed E-state index contributed by atoms with van der Waals surface area (Å²) in [5.41, 5.74) is 3.51. The third-order valence-electron chi connectivity index (χ3n) is 6.30. The van der Waals surface area contributed by atoms with E-state index in [-0.39, 0.29) is 11.7 Å². The van der Waals surface area contributed by atoms with Crippen LogP contribution in [0.25, 0.3) is 0 Å². The number of ether oxygens (including phenoxy) is 3. The van der Waals surface area contributed by atoms with Gasteiger partial charge < -0.3 is 19.5 Å². The summed E-state index contributed by atoms with van der Waals surface area (Å²) < 4.78 is 16.6. The lowest BCUT2D eigenvalue weighted by Gasteiger charge is -2.35. The highest BCUT2D eigenvalue weighted by molar-refractivity contribution is 6.13. The molecule has 0 fully saturated rings. The Labute approximate surface area is 199 Å². The zero-order valence-corrected chi connectivity index (χ0v) is 20.1. The number of rotatable bonds is 6. The van der Waals surface area contributed by atoms with Crippen LogP contribution < -0.4 is 19.5 Å². The number of pyridine rings is 1. The number of aryl methyl sites for hydroxylation is 1. The van der Waals surface area contributed by atoms with Gasteiger partial charge in [-0.2, -0.15) is 0 Å². The molecule has 1 aliphatic carbocycles. The highest BCUT2D eigenvalue weighted by atomic mass is 16.5. The van der Waals surface area contributed by atoms with Crippen molar-refractivity contribution in [1.29, 1.82) is 0 Å². The Hall–Kier alpha value is -3.68. The molecule has 0 bridgehead atoms. The molecule has 2 aromatic rings. The van der Waals surface area contributed by atoms with E-state index in [4.69, 9.17) is 19.2 Å². The number of ketones is 1. The molecule has 1 aliphatic heterocycles. The zero-order valence-electron chi connectivity index (χ0n) is 20.1. The molecular formula is C26H29N3O5. The number of nitrogens with one attached hydrogen (secondary N) is 1. The number of hydrogen-bond donors (Lipinski definition) is 1. The summed E-state index contributed by atoms with van der Waals surface area (Å²) in [6.45, 7) is 3.70. The maximum atomic E-state index is 13.6. The number of anilines is 1. The number of hydrogen-bond acceptors (Lipinski definition) is 7. The number of methoxy groups -OCH3 is 3. The van der Waals surface area contributed by atoms with Gasteiger partial charge in [-0.3, -0.25) is 14.6 Å². The zero-order chi connectivity index (χ0) is 24.4. The average molecular weight is 464 g/mol. The first-order chi connectivity index (χ1) is 16.4. The molecule has 178 valence electrons. The lowest BCUT2D eigenvalue weighted by Crippen LogP contribution is -2.39. The Balaban J connectivity index is 1.86. The summed E-state index contributed by atoms with van der Waals surface area (Å²) in [4.78, 5) is 35.9. The number of aliphatic imine (C=N–C) groups is 1. The van der Waals surface area contributed by atoms with E-state index in [2.05, 4.69) is 10.3 Å². The molecular weight excluding hydrogens is 434 g/mol. The van der Waals surface area contributed by atoms with Gasteiger partial charge >= 0.3 is 0 Å². The van der Waals surface area contributed by atoms with E-state index in [1.807, 2.05) is 38.1 Å². The smallest absolute Gasteiger partial charge is 0.235 e. The first-order valence-corrected chi connectivity index (χ1v) is 11.2. The summed E-state index contributed by atoms with van der Waals surface area (Å²) in [5.74, 6) is 0.319. The summed E-state index contributed by atoms with van der Waals surface area (Å²) in [5, 5.41) is 2.92. The van der Waals surface area contributed by atoms with E-state index in [0.29, 0.717) is 47.2 Å². The second-order valence-electron chi connectivity index (χ2n) is 8.46. The Kier molecular flexibility index (Phi) is 6.68. The van der Waals surface area contributed by atoms with Gasteiger partial charge in [-0.25, -0.2) is 4.98 Å². The van der Waals surface area contributed by atoms with Crippen molar-refractivity contribution < 1.29 is 23.8 Å². The predicted molar refractivity (Wildman–Crippen MR) is 129 cm³/mol. The number of amides is 1. The predicted octanol–water partition coefficient (Wildman–Crippen LogP) is 4.24. The summed E-state index contributed by atoms with van der Waals surface area (Å²) in [6, 6.07) is 9.05. The van der Waals surface area contributed by atoms with Crippen molar-refractivity contribution in [2.24, 2.45) is 10.9 Å². The van der Waals surface area contributed by atoms with Crippen molar-refractivity contribution in [2.75, 3.05) is 26.6 Å². The van der Waals surface area contributed by atoms with Gasteiger partial charge in [-0.15, -0.1) is 0 Å². The van der Waals surface area contributed by atoms with Crippen molar-refractivity contribution in [3.8, 4) is 17.2 Å². The summed E-state index contributed by atoms with van der Waals surface area (Å²) in [6.07, 6.45) is 1.88. The Bertz CT molecular complexity index is 1180. The highest BCUT2D eigenvalue weighted by Crippen LogP contribution is 2.47. The fourth-order valence-corrected chi connectivity index (χ4v) is 4.80. The fraction of sp³-hybridized carbons (Fsp3) is 0.385. The number of benzene rings is 1. The third-order valence-corrected chi connectivity index (χ3v) is 6.30. The van der Waals surface area contributed by atoms with Crippen LogP contribution in [0.3, 0.4) is 0 Å². The van der Waals surface area contributed by atoms with Crippen molar-refractivity contribution in [1.82, 2.24) is 4.98 Å². The molecule has 1 N–H and O–H groups in total. The lowest BCUT2D eigenvalue weighted by molar-refractivity contribution is -0.119. The van der Waals surface area contributed by atoms with Crippen LogP contribution in [-0.4, -0.2) is 43.7 Å². The summed E-state index contributed by atoms with van der Waals surface area (Å²) in [7, 11) is 4.62. The number of aromatic nitrogens is 1. The molecule has 0 saturated carbocycles. The molecule has 2 atom stereocenters. The Morgan fingerprint density at radius 1 is 1.03 bits per heavy atom. The second-order valence-corrected chi connectivity index (χ2v) is 8.46. The SMILES string of the molecule is COc1cc([C@@H]2C3=C(CCCC3=O)N=C(C)C2C(=O)Nc2cccc(C)n2)cc(OC)c1OC. The van der Waals surface area contributed by atoms with Crippen LogP contribution >= 0.6 is 0 Å². The summed E-state index contributed by atoms with van der Waals surface area (Å²) >= 11 is 0. The van der Waals surface area contributed by atoms with Crippen LogP contribution in [0, 0.1) is 12.8 Å². The Morgan fingerprint density at radius 2 is 1.74 bits per heavy atom. The van der Waals surface area contributed by atoms with E-state index in [0.717, 1.165) is 23.4 Å². The molecule has 1 unspecified atom stereocenters. The van der Waals surface area contributed by atoms with Gasteiger partial charge in [-0.05, 0) is 56.5 Å². The molecule has 0 saturated heterocycles. The van der Waals surface area contributed by atoms with Crippen molar-refractivity contribution in [3.63, 3.8) is 0 Å². The number of allylic oxidation sites excluding steroid dienone is 2. The molecule has 4 rings (SSSR count). The minimum atomic E-state index is -0.703. The van der Waals surface area contributed by atoms with Gasteiger partial charge in [0.1, 0.15) is 5.82 Å². The van der Waals surface area contributed by atoms with Crippen LogP contribution in [-0.2, 0) is 9.59 Å². The normalized spacial score (nSPS) is 19.8. The maximum absolute atomic E-state index is 13.6. The topological polar surface area (TPSA) is 99.1 Å². The maximum Gasteiger partial charge on any atom is 0.235 e. The van der Waals surface area contributed by atoms with Gasteiger partial charge in [0.05, 0.1) is 27.2 Å². The van der Waals surface area contributed by atoms with Gasteiger partial charge in [0, 0.05) is 35.0 Å². The molecule has 34 heavy (non-hydrogen) atoms. The number of nitrogens with zero attached hydrogens (tertiary/aromatic N) is 2. The number of carbonyl (C=O) groups excluding carboxylic acids is 2. The van der Waals surface area contributed by atoms with Crippen molar-refractivity contribution in [3.05, 3.63) is 52.9 Å². The fourth-order valence-electron chi connectivity index (χ4n) is 4.80. The van der Waals surface area contributed by atoms with Crippen molar-refractivity contribution >= 4 is 23.2 Å². The van der Waals surface area contributed by atoms with Gasteiger partial charge in [0.25, 0.3) is 0 Å². The largest absolute Gasteiger partial charge is 0.493 e. The average Bonchev–Trinajstić information content (AvgIpc) is 2.82. The van der Waals surface area contributed by atoms with E-state index in [1.54, 1.807) is 20.3 Å². The van der Waals surface area contributed by atoms with E-state index >= 15 is 0 Å². The molecule has 1 aromatic heterocycles. The molecule has 8 nitrogen and oxygen atoms in total. The molecule has 8 heteroatoms. The van der Waals surface area contributed by atoms with E-state index in [1.165, 1.54) is 7.11 Å². The number of Topliss-reactive ketones (excluding diaryl/α,β-unsaturated/α-hetero) is 1. The van der Waals surface area contributed by atoms with E-state index < -0.39 is 11.8 Å². The third kappa shape index (κ3) is 4.27. The van der Waals surface area contributed by atoms with Crippen LogP contribution in [0.15, 0.2) is 46.6 Å². The minimum absolute atomic E-state index is 0.0164. The van der Waals surface area contributed by atoms with Crippen LogP contribution in [0.2, 0.25) is 0 Å². The first-order valence-electron chi connectivity index (χ1n) is 11.2. The monoisotopic (exact) mass is 463 g/mol. The lowest BCUT2D eigenvalue weighted by atomic mass is 9.71. The second kappa shape index (κ2) is 9.67. The Morgan fingerprint density at radius 3 is 2.35 bits per heavy atom. The molecule has 0 radical (unpaired) electrons. The first kappa shape index (κ1) is 23.5. The molecule has 2 heterocycles. The van der Waals surface area contributed by atoms with Gasteiger partial charge in [-0.1, -0.05) is 6.07 Å². The highest BCUT2D eigenvalue weighted by Gasteiger charge is 2.43. The van der Waals surface area contributed by atoms with Gasteiger partial charge in [0.15, 0.2) is 17.3 Å². The molecule has 0 spiro atoms. The molecule has 1 aromatic carbocycles. The minimum Gasteiger partial charge on any atom is -0.493 e. The van der Waals surface area contributed by atoms with Crippen molar-refractivity contribution in [2.45, 2.75) is 39.0 Å². The van der Waals surface area contributed by atoms with Gasteiger partial charge in [0.2, 0.25) is 11.7 Å². The molecule has 1 amide bonds. The van der Waals surface area contributed by atoms with E-state index in [9.17, 15) is 9.59 Å². The van der Waals surface area contributed by atoms with Crippen LogP contribution in [0.4, 0.5) is 5.82 Å². The molecule has 2 aliphatic rings.